The van der Waals surface area contributed by atoms with Gasteiger partial charge in [-0.25, -0.2) is 0 Å². The van der Waals surface area contributed by atoms with E-state index in [1.807, 2.05) is 36.4 Å². The average molecular weight is 299 g/mol. The summed E-state index contributed by atoms with van der Waals surface area (Å²) < 4.78 is 1.71. The predicted octanol–water partition coefficient (Wildman–Crippen LogP) is 1.18. The van der Waals surface area contributed by atoms with E-state index in [0.29, 0.717) is 0 Å². The number of rotatable bonds is 4. The van der Waals surface area contributed by atoms with E-state index < -0.39 is 0 Å². The highest BCUT2D eigenvalue weighted by atomic mass is 16.2. The number of carbonyl (C=O) groups excluding carboxylic acids is 1. The number of hydrogen-bond acceptors (Lipinski definition) is 4. The average Bonchev–Trinajstić information content (AvgIpc) is 3.10. The molecule has 1 aliphatic rings. The van der Waals surface area contributed by atoms with Gasteiger partial charge in [-0.1, -0.05) is 6.07 Å². The number of aromatic nitrogens is 3. The van der Waals surface area contributed by atoms with Crippen molar-refractivity contribution in [1.82, 2.24) is 24.6 Å². The van der Waals surface area contributed by atoms with E-state index >= 15 is 0 Å². The van der Waals surface area contributed by atoms with Crippen LogP contribution in [0.15, 0.2) is 43.0 Å². The van der Waals surface area contributed by atoms with Crippen LogP contribution >= 0.6 is 0 Å². The molecule has 0 spiro atoms. The smallest absolute Gasteiger partial charge is 0.247 e. The molecule has 0 aromatic carbocycles. The van der Waals surface area contributed by atoms with E-state index in [1.54, 1.807) is 17.1 Å². The minimum atomic E-state index is -0.236. The molecule has 0 radical (unpaired) electrons. The third-order valence-electron chi connectivity index (χ3n) is 4.09. The number of nitrogens with zero attached hydrogens (tertiary/aromatic N) is 5. The first-order valence-electron chi connectivity index (χ1n) is 7.63. The molecule has 0 saturated carbocycles. The fraction of sp³-hybridized carbons (Fsp3) is 0.438. The number of pyridine rings is 1. The minimum absolute atomic E-state index is 0.143. The van der Waals surface area contributed by atoms with Crippen molar-refractivity contribution in [3.63, 3.8) is 0 Å². The maximum absolute atomic E-state index is 12.5. The van der Waals surface area contributed by atoms with Crippen LogP contribution in [0.2, 0.25) is 0 Å². The zero-order valence-electron chi connectivity index (χ0n) is 12.8. The highest BCUT2D eigenvalue weighted by Gasteiger charge is 2.25. The van der Waals surface area contributed by atoms with Gasteiger partial charge in [0.25, 0.3) is 0 Å². The first kappa shape index (κ1) is 14.7. The number of amides is 1. The van der Waals surface area contributed by atoms with Crippen LogP contribution in [-0.4, -0.2) is 56.7 Å². The largest absolute Gasteiger partial charge is 0.338 e. The van der Waals surface area contributed by atoms with Crippen molar-refractivity contribution in [1.29, 1.82) is 0 Å². The summed E-state index contributed by atoms with van der Waals surface area (Å²) >= 11 is 0. The molecule has 3 heterocycles. The Morgan fingerprint density at radius 3 is 2.68 bits per heavy atom. The van der Waals surface area contributed by atoms with Gasteiger partial charge in [0.1, 0.15) is 6.04 Å². The van der Waals surface area contributed by atoms with Crippen molar-refractivity contribution in [3.05, 3.63) is 48.5 Å². The lowest BCUT2D eigenvalue weighted by Crippen LogP contribution is -2.49. The Bertz CT molecular complexity index is 590. The first-order chi connectivity index (χ1) is 10.7. The molecule has 22 heavy (non-hydrogen) atoms. The summed E-state index contributed by atoms with van der Waals surface area (Å²) in [5, 5.41) is 4.15. The summed E-state index contributed by atoms with van der Waals surface area (Å²) in [6.45, 7) is 6.12. The molecule has 1 saturated heterocycles. The van der Waals surface area contributed by atoms with Crippen molar-refractivity contribution in [2.24, 2.45) is 0 Å². The zero-order valence-corrected chi connectivity index (χ0v) is 12.8. The molecule has 0 aliphatic carbocycles. The topological polar surface area (TPSA) is 54.3 Å². The summed E-state index contributed by atoms with van der Waals surface area (Å²) in [6, 6.07) is 5.65. The van der Waals surface area contributed by atoms with Crippen molar-refractivity contribution >= 4 is 5.91 Å². The molecule has 6 nitrogen and oxygen atoms in total. The fourth-order valence-corrected chi connectivity index (χ4v) is 2.76. The van der Waals surface area contributed by atoms with Crippen LogP contribution in [0.25, 0.3) is 0 Å². The Kier molecular flexibility index (Phi) is 4.48. The molecular formula is C16H21N5O. The maximum atomic E-state index is 12.5. The standard InChI is InChI=1S/C16H21N5O/c1-14(21-7-3-6-18-21)16(22)20-10-8-19(9-11-20)13-15-4-2-5-17-12-15/h2-7,12,14H,8-11,13H2,1H3/t14-/m0/s1. The van der Waals surface area contributed by atoms with E-state index in [0.717, 1.165) is 32.7 Å². The number of hydrogen-bond donors (Lipinski definition) is 0. The van der Waals surface area contributed by atoms with E-state index in [1.165, 1.54) is 5.56 Å². The minimum Gasteiger partial charge on any atom is -0.338 e. The van der Waals surface area contributed by atoms with Crippen molar-refractivity contribution < 1.29 is 4.79 Å². The van der Waals surface area contributed by atoms with Crippen LogP contribution in [0.4, 0.5) is 0 Å². The fourth-order valence-electron chi connectivity index (χ4n) is 2.76. The highest BCUT2D eigenvalue weighted by molar-refractivity contribution is 5.80. The van der Waals surface area contributed by atoms with Gasteiger partial charge < -0.3 is 4.90 Å². The van der Waals surface area contributed by atoms with E-state index in [2.05, 4.69) is 21.0 Å². The van der Waals surface area contributed by atoms with Gasteiger partial charge in [-0.15, -0.1) is 0 Å². The Balaban J connectivity index is 1.52. The van der Waals surface area contributed by atoms with Crippen molar-refractivity contribution in [3.8, 4) is 0 Å². The molecule has 1 amide bonds. The Morgan fingerprint density at radius 2 is 2.05 bits per heavy atom. The second-order valence-electron chi connectivity index (χ2n) is 5.62. The van der Waals surface area contributed by atoms with Gasteiger partial charge in [0.15, 0.2) is 0 Å². The maximum Gasteiger partial charge on any atom is 0.247 e. The first-order valence-corrected chi connectivity index (χ1v) is 7.63. The molecule has 2 aromatic rings. The molecule has 6 heteroatoms. The Hall–Kier alpha value is -2.21. The van der Waals surface area contributed by atoms with Crippen LogP contribution in [0, 0.1) is 0 Å². The molecule has 0 bridgehead atoms. The summed E-state index contributed by atoms with van der Waals surface area (Å²) in [6.07, 6.45) is 7.23. The molecule has 1 aliphatic heterocycles. The van der Waals surface area contributed by atoms with Gasteiger partial charge in [-0.3, -0.25) is 19.4 Å². The van der Waals surface area contributed by atoms with E-state index in [4.69, 9.17) is 0 Å². The van der Waals surface area contributed by atoms with Gasteiger partial charge in [0.2, 0.25) is 5.91 Å². The van der Waals surface area contributed by atoms with Gasteiger partial charge in [0.05, 0.1) is 0 Å². The van der Waals surface area contributed by atoms with Gasteiger partial charge in [-0.2, -0.15) is 5.10 Å². The van der Waals surface area contributed by atoms with Crippen molar-refractivity contribution in [2.75, 3.05) is 26.2 Å². The normalized spacial score (nSPS) is 17.4. The Morgan fingerprint density at radius 1 is 1.23 bits per heavy atom. The predicted molar refractivity (Wildman–Crippen MR) is 83.0 cm³/mol. The lowest BCUT2D eigenvalue weighted by Gasteiger charge is -2.35. The zero-order chi connectivity index (χ0) is 15.4. The molecule has 0 N–H and O–H groups in total. The molecule has 1 fully saturated rings. The van der Waals surface area contributed by atoms with Crippen molar-refractivity contribution in [2.45, 2.75) is 19.5 Å². The summed E-state index contributed by atoms with van der Waals surface area (Å²) in [5.41, 5.74) is 1.21. The van der Waals surface area contributed by atoms with Crippen LogP contribution in [-0.2, 0) is 11.3 Å². The Labute approximate surface area is 130 Å². The lowest BCUT2D eigenvalue weighted by molar-refractivity contribution is -0.136. The molecule has 2 aromatic heterocycles. The second kappa shape index (κ2) is 6.70. The van der Waals surface area contributed by atoms with Crippen LogP contribution in [0.5, 0.6) is 0 Å². The summed E-state index contributed by atoms with van der Waals surface area (Å²) in [5.74, 6) is 0.143. The highest BCUT2D eigenvalue weighted by Crippen LogP contribution is 2.13. The molecule has 116 valence electrons. The quantitative estimate of drug-likeness (QED) is 0.851. The van der Waals surface area contributed by atoms with Crippen LogP contribution in [0.1, 0.15) is 18.5 Å². The van der Waals surface area contributed by atoms with Gasteiger partial charge in [-0.05, 0) is 24.6 Å². The third-order valence-corrected chi connectivity index (χ3v) is 4.09. The van der Waals surface area contributed by atoms with Crippen LogP contribution < -0.4 is 0 Å². The van der Waals surface area contributed by atoms with Gasteiger partial charge in [0, 0.05) is 57.5 Å². The SMILES string of the molecule is C[C@@H](C(=O)N1CCN(Cc2cccnc2)CC1)n1cccn1. The summed E-state index contributed by atoms with van der Waals surface area (Å²) in [4.78, 5) is 20.9. The number of piperazine rings is 1. The number of carbonyl (C=O) groups is 1. The van der Waals surface area contributed by atoms with E-state index in [9.17, 15) is 4.79 Å². The molecule has 3 rings (SSSR count). The van der Waals surface area contributed by atoms with Gasteiger partial charge >= 0.3 is 0 Å². The lowest BCUT2D eigenvalue weighted by atomic mass is 10.2. The second-order valence-corrected chi connectivity index (χ2v) is 5.62. The molecular weight excluding hydrogens is 278 g/mol. The molecule has 0 unspecified atom stereocenters. The van der Waals surface area contributed by atoms with Crippen LogP contribution in [0.3, 0.4) is 0 Å². The summed E-state index contributed by atoms with van der Waals surface area (Å²) in [7, 11) is 0. The third kappa shape index (κ3) is 3.33. The van der Waals surface area contributed by atoms with E-state index in [-0.39, 0.29) is 11.9 Å². The molecule has 1 atom stereocenters. The monoisotopic (exact) mass is 299 g/mol.